The second-order valence-electron chi connectivity index (χ2n) is 4.80. The van der Waals surface area contributed by atoms with Crippen LogP contribution in [0, 0.1) is 5.82 Å². The maximum Gasteiger partial charge on any atom is 0.236 e. The minimum absolute atomic E-state index is 0.0306. The smallest absolute Gasteiger partial charge is 0.236 e. The molecule has 0 saturated heterocycles. The summed E-state index contributed by atoms with van der Waals surface area (Å²) < 4.78 is 18.6. The average molecular weight is 298 g/mol. The van der Waals surface area contributed by atoms with Gasteiger partial charge in [-0.25, -0.2) is 4.39 Å². The number of carbonyl (C=O) groups is 1. The predicted molar refractivity (Wildman–Crippen MR) is 78.2 cm³/mol. The fourth-order valence-electron chi connectivity index (χ4n) is 1.64. The lowest BCUT2D eigenvalue weighted by atomic mass is 10.2. The molecule has 0 saturated carbocycles. The van der Waals surface area contributed by atoms with Gasteiger partial charge in [-0.05, 0) is 13.0 Å². The summed E-state index contributed by atoms with van der Waals surface area (Å²) in [6.07, 6.45) is -0.739. The number of rotatable bonds is 9. The first-order valence-corrected chi connectivity index (χ1v) is 6.98. The monoisotopic (exact) mass is 298 g/mol. The number of aliphatic hydroxyl groups excluding tert-OH is 1. The summed E-state index contributed by atoms with van der Waals surface area (Å²) in [5, 5.41) is 12.6. The summed E-state index contributed by atoms with van der Waals surface area (Å²) >= 11 is 0. The highest BCUT2D eigenvalue weighted by Gasteiger charge is 2.09. The molecule has 1 aromatic rings. The molecule has 1 unspecified atom stereocenters. The molecular formula is C15H23FN2O3. The Kier molecular flexibility index (Phi) is 7.89. The van der Waals surface area contributed by atoms with E-state index in [-0.39, 0.29) is 38.0 Å². The number of hydrogen-bond acceptors (Lipinski definition) is 4. The number of halogens is 1. The third kappa shape index (κ3) is 6.66. The van der Waals surface area contributed by atoms with E-state index in [1.54, 1.807) is 30.1 Å². The average Bonchev–Trinajstić information content (AvgIpc) is 2.48. The van der Waals surface area contributed by atoms with Crippen molar-refractivity contribution in [3.05, 3.63) is 35.6 Å². The van der Waals surface area contributed by atoms with Crippen LogP contribution in [0.1, 0.15) is 12.5 Å². The van der Waals surface area contributed by atoms with Crippen molar-refractivity contribution < 1.29 is 19.0 Å². The molecule has 2 N–H and O–H groups in total. The molecule has 0 aromatic heterocycles. The minimum Gasteiger partial charge on any atom is -0.389 e. The Morgan fingerprint density at radius 2 is 2.19 bits per heavy atom. The number of nitrogens with zero attached hydrogens (tertiary/aromatic N) is 1. The highest BCUT2D eigenvalue weighted by atomic mass is 19.1. The van der Waals surface area contributed by atoms with E-state index in [0.717, 1.165) is 0 Å². The van der Waals surface area contributed by atoms with Gasteiger partial charge in [0.05, 0.1) is 25.9 Å². The molecule has 6 heteroatoms. The fourth-order valence-corrected chi connectivity index (χ4v) is 1.64. The van der Waals surface area contributed by atoms with Crippen LogP contribution in [-0.4, -0.2) is 55.3 Å². The van der Waals surface area contributed by atoms with E-state index in [9.17, 15) is 14.3 Å². The van der Waals surface area contributed by atoms with Gasteiger partial charge >= 0.3 is 0 Å². The molecule has 1 aromatic carbocycles. The van der Waals surface area contributed by atoms with Gasteiger partial charge in [-0.3, -0.25) is 4.79 Å². The number of benzene rings is 1. The van der Waals surface area contributed by atoms with Gasteiger partial charge in [0.1, 0.15) is 5.82 Å². The van der Waals surface area contributed by atoms with Crippen LogP contribution in [0.15, 0.2) is 24.3 Å². The van der Waals surface area contributed by atoms with Crippen LogP contribution < -0.4 is 5.32 Å². The van der Waals surface area contributed by atoms with Crippen LogP contribution in [0.5, 0.6) is 0 Å². The topological polar surface area (TPSA) is 61.8 Å². The molecule has 21 heavy (non-hydrogen) atoms. The molecular weight excluding hydrogens is 275 g/mol. The number of nitrogens with one attached hydrogen (secondary N) is 1. The van der Waals surface area contributed by atoms with Gasteiger partial charge < -0.3 is 20.1 Å². The second-order valence-corrected chi connectivity index (χ2v) is 4.80. The third-order valence-corrected chi connectivity index (χ3v) is 3.08. The van der Waals surface area contributed by atoms with E-state index in [1.807, 2.05) is 6.92 Å². The molecule has 1 atom stereocenters. The maximum atomic E-state index is 13.3. The highest BCUT2D eigenvalue weighted by molar-refractivity contribution is 5.77. The van der Waals surface area contributed by atoms with Crippen LogP contribution in [0.25, 0.3) is 0 Å². The highest BCUT2D eigenvalue weighted by Crippen LogP contribution is 2.07. The molecule has 1 rings (SSSR count). The van der Waals surface area contributed by atoms with Crippen LogP contribution in [0.4, 0.5) is 4.39 Å². The van der Waals surface area contributed by atoms with Crippen molar-refractivity contribution >= 4 is 5.91 Å². The van der Waals surface area contributed by atoms with E-state index in [4.69, 9.17) is 4.74 Å². The van der Waals surface area contributed by atoms with Crippen LogP contribution in [0.2, 0.25) is 0 Å². The van der Waals surface area contributed by atoms with Crippen LogP contribution >= 0.6 is 0 Å². The number of amides is 1. The predicted octanol–water partition coefficient (Wildman–Crippen LogP) is 0.771. The number of aliphatic hydroxyl groups is 1. The molecule has 5 nitrogen and oxygen atoms in total. The van der Waals surface area contributed by atoms with Gasteiger partial charge in [0.2, 0.25) is 5.91 Å². The quantitative estimate of drug-likeness (QED) is 0.707. The lowest BCUT2D eigenvalue weighted by Crippen LogP contribution is -2.39. The van der Waals surface area contributed by atoms with E-state index < -0.39 is 6.10 Å². The molecule has 0 spiro atoms. The Morgan fingerprint density at radius 3 is 2.86 bits per heavy atom. The molecule has 118 valence electrons. The first-order valence-electron chi connectivity index (χ1n) is 6.98. The number of ether oxygens (including phenoxy) is 1. The van der Waals surface area contributed by atoms with E-state index in [0.29, 0.717) is 12.1 Å². The summed E-state index contributed by atoms with van der Waals surface area (Å²) in [5.74, 6) is -0.352. The third-order valence-electron chi connectivity index (χ3n) is 3.08. The Morgan fingerprint density at radius 1 is 1.48 bits per heavy atom. The molecule has 0 fully saturated rings. The summed E-state index contributed by atoms with van der Waals surface area (Å²) in [6, 6.07) is 6.35. The van der Waals surface area contributed by atoms with Crippen molar-refractivity contribution in [1.82, 2.24) is 10.2 Å². The first-order chi connectivity index (χ1) is 10.0. The van der Waals surface area contributed by atoms with Crippen molar-refractivity contribution in [2.24, 2.45) is 0 Å². The summed E-state index contributed by atoms with van der Waals surface area (Å²) in [7, 11) is 1.72. The molecule has 0 aliphatic heterocycles. The zero-order valence-corrected chi connectivity index (χ0v) is 12.5. The van der Waals surface area contributed by atoms with Gasteiger partial charge in [-0.2, -0.15) is 0 Å². The first kappa shape index (κ1) is 17.6. The molecule has 0 aliphatic rings. The van der Waals surface area contributed by atoms with Crippen molar-refractivity contribution in [3.63, 3.8) is 0 Å². The van der Waals surface area contributed by atoms with Crippen molar-refractivity contribution in [1.29, 1.82) is 0 Å². The van der Waals surface area contributed by atoms with E-state index in [2.05, 4.69) is 5.32 Å². The molecule has 0 bridgehead atoms. The lowest BCUT2D eigenvalue weighted by Gasteiger charge is -2.16. The number of carbonyl (C=O) groups excluding carboxylic acids is 1. The molecule has 0 aliphatic carbocycles. The Labute approximate surface area is 124 Å². The van der Waals surface area contributed by atoms with Gasteiger partial charge in [-0.15, -0.1) is 0 Å². The zero-order valence-electron chi connectivity index (χ0n) is 12.5. The Hall–Kier alpha value is -1.50. The maximum absolute atomic E-state index is 13.3. The summed E-state index contributed by atoms with van der Waals surface area (Å²) in [4.78, 5) is 13.1. The van der Waals surface area contributed by atoms with Crippen molar-refractivity contribution in [2.45, 2.75) is 19.6 Å². The number of hydrogen-bond donors (Lipinski definition) is 2. The van der Waals surface area contributed by atoms with Gasteiger partial charge in [0.15, 0.2) is 0 Å². The molecule has 0 heterocycles. The van der Waals surface area contributed by atoms with E-state index in [1.165, 1.54) is 6.07 Å². The van der Waals surface area contributed by atoms with Crippen LogP contribution in [0.3, 0.4) is 0 Å². The van der Waals surface area contributed by atoms with Gasteiger partial charge in [-0.1, -0.05) is 18.2 Å². The van der Waals surface area contributed by atoms with Crippen molar-refractivity contribution in [3.8, 4) is 0 Å². The summed E-state index contributed by atoms with van der Waals surface area (Å²) in [6.45, 7) is 3.16. The van der Waals surface area contributed by atoms with Crippen molar-refractivity contribution in [2.75, 3.05) is 33.3 Å². The standard InChI is InChI=1S/C15H23FN2O3/c1-3-18(2)15(20)9-17-8-13(19)11-21-10-12-6-4-5-7-14(12)16/h4-7,13,17,19H,3,8-11H2,1-2H3. The van der Waals surface area contributed by atoms with Gasteiger partial charge in [0, 0.05) is 25.7 Å². The number of likely N-dealkylation sites (N-methyl/N-ethyl adjacent to an activating group) is 1. The Bertz CT molecular complexity index is 443. The SMILES string of the molecule is CCN(C)C(=O)CNCC(O)COCc1ccccc1F. The Balaban J connectivity index is 2.16. The molecule has 0 radical (unpaired) electrons. The lowest BCUT2D eigenvalue weighted by molar-refractivity contribution is -0.128. The molecule has 1 amide bonds. The summed E-state index contributed by atoms with van der Waals surface area (Å²) in [5.41, 5.74) is 0.456. The second kappa shape index (κ2) is 9.44. The minimum atomic E-state index is -0.739. The largest absolute Gasteiger partial charge is 0.389 e. The van der Waals surface area contributed by atoms with Crippen LogP contribution in [-0.2, 0) is 16.1 Å². The van der Waals surface area contributed by atoms with Gasteiger partial charge in [0.25, 0.3) is 0 Å². The zero-order chi connectivity index (χ0) is 15.7. The fraction of sp³-hybridized carbons (Fsp3) is 0.533. The normalized spacial score (nSPS) is 12.2. The van der Waals surface area contributed by atoms with E-state index >= 15 is 0 Å².